The largest absolute Gasteiger partial charge is 0.326 e. The molecular weight excluding hydrogens is 514 g/mol. The van der Waals surface area contributed by atoms with E-state index in [1.165, 1.54) is 30.3 Å². The Bertz CT molecular complexity index is 1460. The van der Waals surface area contributed by atoms with Gasteiger partial charge in [0.1, 0.15) is 11.6 Å². The van der Waals surface area contributed by atoms with Crippen LogP contribution in [-0.2, 0) is 12.5 Å². The average Bonchev–Trinajstić information content (AvgIpc) is 3.20. The highest BCUT2D eigenvalue weighted by atomic mass is 35.5. The maximum Gasteiger partial charge on any atom is 0.270 e. The molecule has 0 spiro atoms. The third-order valence-corrected chi connectivity index (χ3v) is 5.98. The Morgan fingerprint density at radius 3 is 2.39 bits per heavy atom. The van der Waals surface area contributed by atoms with Crippen molar-refractivity contribution in [3.05, 3.63) is 115 Å². The molecule has 1 aromatic heterocycles. The molecule has 0 saturated carbocycles. The highest BCUT2D eigenvalue weighted by Gasteiger charge is 2.25. The van der Waals surface area contributed by atoms with Crippen molar-refractivity contribution < 1.29 is 18.1 Å². The van der Waals surface area contributed by atoms with Gasteiger partial charge in [0, 0.05) is 53.5 Å². The Hall–Kier alpha value is -3.62. The van der Waals surface area contributed by atoms with Gasteiger partial charge in [0.15, 0.2) is 0 Å². The minimum Gasteiger partial charge on any atom is -0.326 e. The molecule has 0 aliphatic carbocycles. The zero-order chi connectivity index (χ0) is 26.0. The predicted octanol–water partition coefficient (Wildman–Crippen LogP) is 8.23. The number of non-ortho nitro benzene ring substituents is 1. The fourth-order valence-corrected chi connectivity index (χ4v) is 4.04. The second-order valence-electron chi connectivity index (χ2n) is 8.12. The normalized spacial score (nSPS) is 11.8. The summed E-state index contributed by atoms with van der Waals surface area (Å²) in [7, 11) is 0. The summed E-state index contributed by atoms with van der Waals surface area (Å²) >= 11 is 12.4. The molecule has 10 heteroatoms. The molecule has 3 aromatic carbocycles. The molecule has 36 heavy (non-hydrogen) atoms. The minimum absolute atomic E-state index is 0.0327. The number of benzene rings is 3. The molecule has 5 nitrogen and oxygen atoms in total. The van der Waals surface area contributed by atoms with Gasteiger partial charge in [-0.15, -0.1) is 0 Å². The fourth-order valence-electron chi connectivity index (χ4n) is 3.54. The number of hydrogen-bond acceptors (Lipinski definition) is 3. The van der Waals surface area contributed by atoms with E-state index in [2.05, 4.69) is 4.98 Å². The maximum atomic E-state index is 14.5. The molecule has 0 bridgehead atoms. The van der Waals surface area contributed by atoms with E-state index in [-0.39, 0.29) is 11.3 Å². The Balaban J connectivity index is 1.72. The number of nitro benzene ring substituents is 1. The molecule has 0 unspecified atom stereocenters. The highest BCUT2D eigenvalue weighted by molar-refractivity contribution is 6.36. The Morgan fingerprint density at radius 1 is 1.06 bits per heavy atom. The number of hydrogen-bond donors (Lipinski definition) is 0. The molecule has 184 valence electrons. The van der Waals surface area contributed by atoms with Gasteiger partial charge in [-0.05, 0) is 42.0 Å². The second kappa shape index (κ2) is 10.2. The number of nitrogens with zero attached hydrogens (tertiary/aromatic N) is 3. The van der Waals surface area contributed by atoms with Gasteiger partial charge in [0.25, 0.3) is 11.6 Å². The molecular formula is C26H18Cl2F3N3O2. The zero-order valence-electron chi connectivity index (χ0n) is 18.8. The molecule has 4 rings (SSSR count). The van der Waals surface area contributed by atoms with Gasteiger partial charge in [-0.25, -0.2) is 18.2 Å². The highest BCUT2D eigenvalue weighted by Crippen LogP contribution is 2.31. The van der Waals surface area contributed by atoms with Crippen LogP contribution in [0.2, 0.25) is 10.0 Å². The zero-order valence-corrected chi connectivity index (χ0v) is 20.3. The molecule has 0 fully saturated rings. The van der Waals surface area contributed by atoms with Crippen molar-refractivity contribution in [1.82, 2.24) is 9.55 Å². The molecule has 1 heterocycles. The molecule has 0 N–H and O–H groups in total. The predicted molar refractivity (Wildman–Crippen MR) is 135 cm³/mol. The summed E-state index contributed by atoms with van der Waals surface area (Å²) in [6, 6.07) is 14.3. The van der Waals surface area contributed by atoms with Crippen LogP contribution < -0.4 is 0 Å². The maximum absolute atomic E-state index is 14.5. The quantitative estimate of drug-likeness (QED) is 0.178. The van der Waals surface area contributed by atoms with Crippen LogP contribution in [0.3, 0.4) is 0 Å². The summed E-state index contributed by atoms with van der Waals surface area (Å²) in [5, 5.41) is 11.8. The first-order chi connectivity index (χ1) is 17.0. The first-order valence-corrected chi connectivity index (χ1v) is 11.4. The van der Waals surface area contributed by atoms with Crippen LogP contribution in [0.1, 0.15) is 29.4 Å². The molecule has 4 aromatic rings. The number of aromatic nitrogens is 2. The van der Waals surface area contributed by atoms with E-state index in [9.17, 15) is 23.3 Å². The lowest BCUT2D eigenvalue weighted by atomic mass is 10.1. The minimum atomic E-state index is -3.16. The van der Waals surface area contributed by atoms with Crippen LogP contribution in [0.4, 0.5) is 18.9 Å². The number of rotatable bonds is 7. The second-order valence-corrected chi connectivity index (χ2v) is 8.96. The summed E-state index contributed by atoms with van der Waals surface area (Å²) in [5.41, 5.74) is 1.57. The summed E-state index contributed by atoms with van der Waals surface area (Å²) in [6.07, 6.45) is 4.74. The van der Waals surface area contributed by atoms with Crippen molar-refractivity contribution in [2.24, 2.45) is 0 Å². The van der Waals surface area contributed by atoms with Gasteiger partial charge in [0.05, 0.1) is 15.6 Å². The van der Waals surface area contributed by atoms with Crippen LogP contribution in [0, 0.1) is 15.9 Å². The van der Waals surface area contributed by atoms with Gasteiger partial charge in [-0.1, -0.05) is 47.5 Å². The van der Waals surface area contributed by atoms with Crippen molar-refractivity contribution in [2.75, 3.05) is 0 Å². The van der Waals surface area contributed by atoms with E-state index in [1.807, 2.05) is 0 Å². The van der Waals surface area contributed by atoms with Crippen LogP contribution in [0.15, 0.2) is 66.9 Å². The van der Waals surface area contributed by atoms with Crippen molar-refractivity contribution in [2.45, 2.75) is 19.4 Å². The van der Waals surface area contributed by atoms with Gasteiger partial charge in [0.2, 0.25) is 0 Å². The van der Waals surface area contributed by atoms with Crippen molar-refractivity contribution in [1.29, 1.82) is 0 Å². The Morgan fingerprint density at radius 2 is 1.78 bits per heavy atom. The van der Waals surface area contributed by atoms with E-state index in [0.29, 0.717) is 40.6 Å². The lowest BCUT2D eigenvalue weighted by Gasteiger charge is -2.11. The van der Waals surface area contributed by atoms with Crippen molar-refractivity contribution in [3.63, 3.8) is 0 Å². The standard InChI is InChI=1S/C26H18Cl2F3N3O2/c1-26(30,31)18-6-4-17(23(29)12-18)5-11-25-32-24(21-10-7-19(27)13-22(21)28)15-33(25)14-16-2-8-20(9-3-16)34(35)36/h2-13,15H,14H2,1H3/b11-5+. The van der Waals surface area contributed by atoms with Crippen molar-refractivity contribution in [3.8, 4) is 11.3 Å². The average molecular weight is 532 g/mol. The summed E-state index contributed by atoms with van der Waals surface area (Å²) < 4.78 is 43.3. The SMILES string of the molecule is CC(F)(F)c1ccc(/C=C/c2nc(-c3ccc(Cl)cc3Cl)cn2Cc2ccc([N+](=O)[O-])cc2)c(F)c1. The molecule has 0 aliphatic rings. The molecule has 0 radical (unpaired) electrons. The third kappa shape index (κ3) is 5.78. The van der Waals surface area contributed by atoms with Crippen LogP contribution in [0.25, 0.3) is 23.4 Å². The molecule has 0 saturated heterocycles. The lowest BCUT2D eigenvalue weighted by molar-refractivity contribution is -0.384. The van der Waals surface area contributed by atoms with E-state index >= 15 is 0 Å². The number of nitro groups is 1. The van der Waals surface area contributed by atoms with E-state index < -0.39 is 22.2 Å². The van der Waals surface area contributed by atoms with Gasteiger partial charge in [-0.3, -0.25) is 10.1 Å². The van der Waals surface area contributed by atoms with Crippen LogP contribution >= 0.6 is 23.2 Å². The van der Waals surface area contributed by atoms with E-state index in [0.717, 1.165) is 11.6 Å². The topological polar surface area (TPSA) is 61.0 Å². The first-order valence-electron chi connectivity index (χ1n) is 10.6. The number of halogens is 5. The fraction of sp³-hybridized carbons (Fsp3) is 0.115. The Kier molecular flexibility index (Phi) is 7.19. The van der Waals surface area contributed by atoms with Crippen molar-refractivity contribution >= 4 is 41.0 Å². The van der Waals surface area contributed by atoms with E-state index in [1.54, 1.807) is 47.2 Å². The van der Waals surface area contributed by atoms with Gasteiger partial charge >= 0.3 is 0 Å². The summed E-state index contributed by atoms with van der Waals surface area (Å²) in [6.45, 7) is 1.01. The number of imidazole rings is 1. The van der Waals surface area contributed by atoms with Gasteiger partial charge < -0.3 is 4.57 Å². The molecule has 0 atom stereocenters. The lowest BCUT2D eigenvalue weighted by Crippen LogP contribution is -2.07. The molecule has 0 aliphatic heterocycles. The van der Waals surface area contributed by atoms with Crippen LogP contribution in [0.5, 0.6) is 0 Å². The molecule has 0 amide bonds. The third-order valence-electron chi connectivity index (χ3n) is 5.43. The first kappa shape index (κ1) is 25.5. The van der Waals surface area contributed by atoms with Gasteiger partial charge in [-0.2, -0.15) is 0 Å². The van der Waals surface area contributed by atoms with E-state index in [4.69, 9.17) is 23.2 Å². The smallest absolute Gasteiger partial charge is 0.270 e. The Labute approximate surface area is 214 Å². The number of alkyl halides is 2. The monoisotopic (exact) mass is 531 g/mol. The summed E-state index contributed by atoms with van der Waals surface area (Å²) in [5.74, 6) is -3.52. The summed E-state index contributed by atoms with van der Waals surface area (Å²) in [4.78, 5) is 15.1. The van der Waals surface area contributed by atoms with Crippen LogP contribution in [-0.4, -0.2) is 14.5 Å².